The smallest absolute Gasteiger partial charge is 0.327 e. The highest BCUT2D eigenvalue weighted by Crippen LogP contribution is 1.95. The molecule has 0 spiro atoms. The molecular formula is C4H8N4OS. The fourth-order valence-corrected chi connectivity index (χ4v) is 0.704. The zero-order valence-electron chi connectivity index (χ0n) is 5.71. The lowest BCUT2D eigenvalue weighted by molar-refractivity contribution is 0.375. The molecule has 1 rings (SSSR count). The van der Waals surface area contributed by atoms with Crippen molar-refractivity contribution in [3.8, 4) is 0 Å². The third-order valence-electron chi connectivity index (χ3n) is 0.893. The lowest BCUT2D eigenvalue weighted by atomic mass is 11.1. The van der Waals surface area contributed by atoms with Crippen LogP contribution in [0.2, 0.25) is 0 Å². The van der Waals surface area contributed by atoms with Crippen LogP contribution in [0, 0.1) is 0 Å². The predicted molar refractivity (Wildman–Crippen MR) is 41.7 cm³/mol. The minimum atomic E-state index is 0.373. The highest BCUT2D eigenvalue weighted by molar-refractivity contribution is 8.13. The zero-order chi connectivity index (χ0) is 7.40. The summed E-state index contributed by atoms with van der Waals surface area (Å²) in [4.78, 5) is 0. The van der Waals surface area contributed by atoms with Gasteiger partial charge in [0, 0.05) is 0 Å². The van der Waals surface area contributed by atoms with E-state index >= 15 is 0 Å². The average Bonchev–Trinajstić information content (AvgIpc) is 2.05. The Morgan fingerprint density at radius 2 is 2.20 bits per heavy atom. The summed E-state index contributed by atoms with van der Waals surface area (Å²) in [5.41, 5.74) is 5.29. The molecule has 1 heterocycles. The van der Waals surface area contributed by atoms with Gasteiger partial charge < -0.3 is 4.74 Å². The van der Waals surface area contributed by atoms with Gasteiger partial charge >= 0.3 is 6.02 Å². The number of hydrogen-bond donors (Lipinski definition) is 2. The first-order chi connectivity index (χ1) is 4.86. The fourth-order valence-electron chi connectivity index (χ4n) is 0.430. The third kappa shape index (κ3) is 1.53. The fraction of sp³-hybridized carbons (Fsp3) is 0.500. The van der Waals surface area contributed by atoms with E-state index in [2.05, 4.69) is 21.1 Å². The summed E-state index contributed by atoms with van der Waals surface area (Å²) >= 11 is 1.47. The Morgan fingerprint density at radius 3 is 2.60 bits per heavy atom. The number of amidine groups is 2. The molecule has 0 saturated heterocycles. The van der Waals surface area contributed by atoms with Crippen molar-refractivity contribution in [2.24, 2.45) is 10.2 Å². The van der Waals surface area contributed by atoms with E-state index < -0.39 is 0 Å². The Bertz CT molecular complexity index is 158. The van der Waals surface area contributed by atoms with Gasteiger partial charge in [0.2, 0.25) is 5.17 Å². The molecular weight excluding hydrogens is 152 g/mol. The van der Waals surface area contributed by atoms with Gasteiger partial charge in [-0.1, -0.05) is 11.8 Å². The molecule has 6 heteroatoms. The van der Waals surface area contributed by atoms with E-state index in [1.807, 2.05) is 6.26 Å². The maximum atomic E-state index is 4.74. The Labute approximate surface area is 62.9 Å². The van der Waals surface area contributed by atoms with Crippen LogP contribution in [0.25, 0.3) is 0 Å². The van der Waals surface area contributed by atoms with E-state index in [4.69, 9.17) is 4.74 Å². The van der Waals surface area contributed by atoms with Gasteiger partial charge in [-0.3, -0.25) is 0 Å². The molecule has 10 heavy (non-hydrogen) atoms. The molecule has 56 valence electrons. The van der Waals surface area contributed by atoms with Crippen LogP contribution in [0.15, 0.2) is 10.2 Å². The molecule has 1 aliphatic heterocycles. The second kappa shape index (κ2) is 3.31. The minimum Gasteiger partial charge on any atom is -0.466 e. The lowest BCUT2D eigenvalue weighted by Crippen LogP contribution is -2.32. The molecule has 0 bridgehead atoms. The van der Waals surface area contributed by atoms with Gasteiger partial charge in [0.15, 0.2) is 0 Å². The molecule has 5 nitrogen and oxygen atoms in total. The second-order valence-corrected chi connectivity index (χ2v) is 2.26. The molecule has 0 unspecified atom stereocenters. The summed E-state index contributed by atoms with van der Waals surface area (Å²) < 4.78 is 4.74. The molecule has 0 saturated carbocycles. The number of rotatable bonds is 0. The highest BCUT2D eigenvalue weighted by Gasteiger charge is 2.04. The van der Waals surface area contributed by atoms with Gasteiger partial charge in [-0.15, -0.1) is 10.2 Å². The average molecular weight is 160 g/mol. The van der Waals surface area contributed by atoms with E-state index in [-0.39, 0.29) is 0 Å². The second-order valence-electron chi connectivity index (χ2n) is 1.47. The number of ether oxygens (including phenoxy) is 1. The summed E-state index contributed by atoms with van der Waals surface area (Å²) in [6.07, 6.45) is 1.90. The van der Waals surface area contributed by atoms with Crippen LogP contribution in [-0.4, -0.2) is 24.6 Å². The summed E-state index contributed by atoms with van der Waals surface area (Å²) in [6.45, 7) is 0. The third-order valence-corrected chi connectivity index (χ3v) is 1.46. The van der Waals surface area contributed by atoms with Gasteiger partial charge in [0.05, 0.1) is 7.11 Å². The first kappa shape index (κ1) is 7.20. The largest absolute Gasteiger partial charge is 0.466 e. The Hall–Kier alpha value is -0.910. The van der Waals surface area contributed by atoms with Gasteiger partial charge in [-0.05, 0) is 6.26 Å². The number of nitrogens with one attached hydrogen (secondary N) is 2. The van der Waals surface area contributed by atoms with Gasteiger partial charge in [-0.2, -0.15) is 0 Å². The van der Waals surface area contributed by atoms with Crippen molar-refractivity contribution >= 4 is 23.0 Å². The van der Waals surface area contributed by atoms with E-state index in [9.17, 15) is 0 Å². The van der Waals surface area contributed by atoms with Crippen molar-refractivity contribution < 1.29 is 4.74 Å². The summed E-state index contributed by atoms with van der Waals surface area (Å²) in [7, 11) is 1.52. The molecule has 0 aromatic carbocycles. The number of thioether (sulfide) groups is 1. The van der Waals surface area contributed by atoms with Crippen molar-refractivity contribution in [2.75, 3.05) is 13.4 Å². The molecule has 0 aliphatic carbocycles. The Kier molecular flexibility index (Phi) is 2.38. The number of methoxy groups -OCH3 is 1. The standard InChI is InChI=1S/C4H8N4OS/c1-9-3-5-7-4(10-2)8-6-3/h1-2H3,(H,5,6)(H,7,8). The lowest BCUT2D eigenvalue weighted by Gasteiger charge is -2.10. The number of hydrazone groups is 2. The zero-order valence-corrected chi connectivity index (χ0v) is 6.53. The maximum absolute atomic E-state index is 4.74. The van der Waals surface area contributed by atoms with E-state index in [0.29, 0.717) is 6.02 Å². The molecule has 0 amide bonds. The van der Waals surface area contributed by atoms with Crippen LogP contribution in [0.1, 0.15) is 0 Å². The first-order valence-corrected chi connectivity index (χ1v) is 3.84. The summed E-state index contributed by atoms with van der Waals surface area (Å²) in [5, 5.41) is 8.37. The van der Waals surface area contributed by atoms with Crippen molar-refractivity contribution in [3.05, 3.63) is 0 Å². The minimum absolute atomic E-state index is 0.373. The molecule has 0 fully saturated rings. The maximum Gasteiger partial charge on any atom is 0.327 e. The first-order valence-electron chi connectivity index (χ1n) is 2.62. The number of hydrogen-bond acceptors (Lipinski definition) is 6. The normalized spacial score (nSPS) is 16.2. The quantitative estimate of drug-likeness (QED) is 0.512. The van der Waals surface area contributed by atoms with Crippen molar-refractivity contribution in [1.82, 2.24) is 10.9 Å². The van der Waals surface area contributed by atoms with Crippen LogP contribution in [0.4, 0.5) is 0 Å². The molecule has 1 aliphatic rings. The van der Waals surface area contributed by atoms with Crippen LogP contribution in [0.5, 0.6) is 0 Å². The summed E-state index contributed by atoms with van der Waals surface area (Å²) in [6, 6.07) is 0.373. The SMILES string of the molecule is COC1=NNC(SC)=NN1. The molecule has 2 N–H and O–H groups in total. The van der Waals surface area contributed by atoms with Crippen LogP contribution >= 0.6 is 11.8 Å². The van der Waals surface area contributed by atoms with E-state index in [1.54, 1.807) is 0 Å². The summed E-state index contributed by atoms with van der Waals surface area (Å²) in [5.74, 6) is 0. The van der Waals surface area contributed by atoms with Gasteiger partial charge in [0.1, 0.15) is 0 Å². The van der Waals surface area contributed by atoms with Gasteiger partial charge in [0.25, 0.3) is 0 Å². The van der Waals surface area contributed by atoms with E-state index in [1.165, 1.54) is 18.9 Å². The predicted octanol–water partition coefficient (Wildman–Crippen LogP) is -0.269. The molecule has 0 radical (unpaired) electrons. The highest BCUT2D eigenvalue weighted by atomic mass is 32.2. The van der Waals surface area contributed by atoms with Crippen molar-refractivity contribution in [2.45, 2.75) is 0 Å². The number of nitrogens with zero attached hydrogens (tertiary/aromatic N) is 2. The molecule has 0 atom stereocenters. The Morgan fingerprint density at radius 1 is 1.40 bits per heavy atom. The monoisotopic (exact) mass is 160 g/mol. The Balaban J connectivity index is 2.45. The van der Waals surface area contributed by atoms with Crippen LogP contribution in [0.3, 0.4) is 0 Å². The van der Waals surface area contributed by atoms with Crippen molar-refractivity contribution in [1.29, 1.82) is 0 Å². The molecule has 0 aromatic heterocycles. The van der Waals surface area contributed by atoms with Crippen molar-refractivity contribution in [3.63, 3.8) is 0 Å². The molecule has 0 aromatic rings. The van der Waals surface area contributed by atoms with Gasteiger partial charge in [-0.25, -0.2) is 10.9 Å². The van der Waals surface area contributed by atoms with Crippen LogP contribution in [-0.2, 0) is 4.74 Å². The van der Waals surface area contributed by atoms with Crippen LogP contribution < -0.4 is 10.9 Å². The topological polar surface area (TPSA) is 58.0 Å². The van der Waals surface area contributed by atoms with E-state index in [0.717, 1.165) is 5.17 Å².